The average Bonchev–Trinajstić information content (AvgIpc) is 2.92. The Morgan fingerprint density at radius 2 is 1.83 bits per heavy atom. The molecule has 6 N–H and O–H groups in total. The number of ether oxygens (including phenoxy) is 2. The number of aryl methyl sites for hydroxylation is 4. The number of fused-ring (bicyclic) bond motifs is 3. The zero-order chi connectivity index (χ0) is 29.8. The minimum atomic E-state index is -0.589. The number of rotatable bonds is 9. The Labute approximate surface area is 243 Å². The molecule has 2 aromatic carbocycles. The fourth-order valence-electron chi connectivity index (χ4n) is 5.15. The van der Waals surface area contributed by atoms with Crippen molar-refractivity contribution in [1.29, 1.82) is 0 Å². The molecule has 0 unspecified atom stereocenters. The molecule has 41 heavy (non-hydrogen) atoms. The van der Waals surface area contributed by atoms with E-state index in [0.29, 0.717) is 36.6 Å². The Balaban J connectivity index is 1.88. The topological polar surface area (TPSA) is 151 Å². The molecule has 0 aliphatic carbocycles. The van der Waals surface area contributed by atoms with E-state index >= 15 is 0 Å². The van der Waals surface area contributed by atoms with Crippen molar-refractivity contribution in [3.8, 4) is 22.8 Å². The highest BCUT2D eigenvalue weighted by Gasteiger charge is 2.23. The number of nitrogens with one attached hydrogen (secondary N) is 2. The van der Waals surface area contributed by atoms with E-state index in [-0.39, 0.29) is 29.6 Å². The fraction of sp³-hybridized carbons (Fsp3) is 0.345. The molecule has 0 radical (unpaired) electrons. The highest BCUT2D eigenvalue weighted by atomic mass is 35.5. The minimum Gasteiger partial charge on any atom is -0.493 e. The van der Waals surface area contributed by atoms with Crippen LogP contribution in [0.2, 0.25) is 0 Å². The number of amides is 1. The van der Waals surface area contributed by atoms with Crippen LogP contribution in [0, 0.1) is 20.8 Å². The summed E-state index contributed by atoms with van der Waals surface area (Å²) in [5.41, 5.74) is 14.3. The molecule has 1 aliphatic heterocycles. The highest BCUT2D eigenvalue weighted by Crippen LogP contribution is 2.37. The number of carbonyl (C=O) groups excluding carboxylic acids is 1. The molecule has 12 heteroatoms. The number of carbonyl (C=O) groups is 1. The summed E-state index contributed by atoms with van der Waals surface area (Å²) in [4.78, 5) is 31.4. The number of benzene rings is 2. The van der Waals surface area contributed by atoms with Crippen LogP contribution in [0.5, 0.6) is 11.5 Å². The van der Waals surface area contributed by atoms with Crippen molar-refractivity contribution >= 4 is 23.2 Å². The van der Waals surface area contributed by atoms with Crippen LogP contribution in [0.15, 0.2) is 51.0 Å². The first-order valence-corrected chi connectivity index (χ1v) is 13.7. The molecular formula is C29H36ClN7O4. The van der Waals surface area contributed by atoms with Gasteiger partial charge in [0.15, 0.2) is 11.5 Å². The molecule has 0 bridgehead atoms. The number of aromatic nitrogens is 2. The van der Waals surface area contributed by atoms with Crippen molar-refractivity contribution < 1.29 is 14.3 Å². The lowest BCUT2D eigenvalue weighted by molar-refractivity contribution is -0.117. The summed E-state index contributed by atoms with van der Waals surface area (Å²) in [7, 11) is 1.59. The van der Waals surface area contributed by atoms with Crippen LogP contribution in [-0.4, -0.2) is 35.3 Å². The number of hydrazine groups is 1. The molecule has 2 heterocycles. The monoisotopic (exact) mass is 581 g/mol. The summed E-state index contributed by atoms with van der Waals surface area (Å²) in [6, 6.07) is 9.91. The number of hydrogen-bond donors (Lipinski definition) is 4. The number of halogens is 1. The third kappa shape index (κ3) is 6.10. The number of hydrogen-bond acceptors (Lipinski definition) is 8. The van der Waals surface area contributed by atoms with Crippen molar-refractivity contribution in [3.63, 3.8) is 0 Å². The maximum atomic E-state index is 14.0. The molecule has 0 saturated carbocycles. The Kier molecular flexibility index (Phi) is 9.09. The van der Waals surface area contributed by atoms with Crippen LogP contribution >= 0.6 is 11.6 Å². The highest BCUT2D eigenvalue weighted by molar-refractivity contribution is 6.31. The molecule has 0 saturated heterocycles. The van der Waals surface area contributed by atoms with Crippen molar-refractivity contribution in [1.82, 2.24) is 19.9 Å². The largest absolute Gasteiger partial charge is 0.493 e. The van der Waals surface area contributed by atoms with Gasteiger partial charge in [0.05, 0.1) is 25.1 Å². The van der Waals surface area contributed by atoms with E-state index < -0.39 is 5.91 Å². The van der Waals surface area contributed by atoms with Crippen molar-refractivity contribution in [3.05, 3.63) is 79.4 Å². The van der Waals surface area contributed by atoms with Gasteiger partial charge in [0.2, 0.25) is 0 Å². The molecular weight excluding hydrogens is 546 g/mol. The first kappa shape index (κ1) is 29.8. The van der Waals surface area contributed by atoms with Gasteiger partial charge in [-0.25, -0.2) is 9.79 Å². The molecule has 0 fully saturated rings. The van der Waals surface area contributed by atoms with E-state index in [4.69, 9.17) is 37.6 Å². The van der Waals surface area contributed by atoms with Crippen LogP contribution in [-0.2, 0) is 24.3 Å². The van der Waals surface area contributed by atoms with Gasteiger partial charge < -0.3 is 25.9 Å². The lowest BCUT2D eigenvalue weighted by Gasteiger charge is -2.25. The molecule has 1 aromatic heterocycles. The number of nitrogens with two attached hydrogens (primary N) is 2. The molecule has 4 rings (SSSR count). The average molecular weight is 582 g/mol. The molecule has 1 amide bonds. The summed E-state index contributed by atoms with van der Waals surface area (Å²) < 4.78 is 14.7. The van der Waals surface area contributed by atoms with Crippen molar-refractivity contribution in [2.75, 3.05) is 20.3 Å². The smallest absolute Gasteiger partial charge is 0.330 e. The molecule has 0 spiro atoms. The molecule has 218 valence electrons. The van der Waals surface area contributed by atoms with Gasteiger partial charge in [-0.15, -0.1) is 0 Å². The lowest BCUT2D eigenvalue weighted by Crippen LogP contribution is -2.45. The SMILES string of the molecule is CCOc1cc2c(cc1OC)-c1cc(=Nc3c(C)cc(C)cc3C)n(CCNC(=O)/C(NN)=C(/N)Cl)c(=O)n1CC2. The van der Waals surface area contributed by atoms with Crippen LogP contribution in [0.4, 0.5) is 5.69 Å². The van der Waals surface area contributed by atoms with E-state index in [2.05, 4.69) is 22.9 Å². The van der Waals surface area contributed by atoms with Gasteiger partial charge in [-0.2, -0.15) is 0 Å². The lowest BCUT2D eigenvalue weighted by atomic mass is 9.97. The van der Waals surface area contributed by atoms with E-state index in [1.807, 2.05) is 45.9 Å². The second kappa shape index (κ2) is 12.5. The van der Waals surface area contributed by atoms with E-state index in [1.54, 1.807) is 16.2 Å². The zero-order valence-electron chi connectivity index (χ0n) is 23.9. The summed E-state index contributed by atoms with van der Waals surface area (Å²) in [6.07, 6.45) is 0.640. The normalized spacial score (nSPS) is 13.2. The van der Waals surface area contributed by atoms with Gasteiger partial charge in [0.25, 0.3) is 5.91 Å². The van der Waals surface area contributed by atoms with Crippen molar-refractivity contribution in [2.24, 2.45) is 16.6 Å². The van der Waals surface area contributed by atoms with Crippen molar-refractivity contribution in [2.45, 2.75) is 47.2 Å². The number of nitrogens with zero attached hydrogens (tertiary/aromatic N) is 3. The summed E-state index contributed by atoms with van der Waals surface area (Å²) in [6.45, 7) is 9.17. The number of methoxy groups -OCH3 is 1. The van der Waals surface area contributed by atoms with Gasteiger partial charge in [-0.05, 0) is 62.9 Å². The predicted octanol–water partition coefficient (Wildman–Crippen LogP) is 2.38. The Bertz CT molecular complexity index is 1630. The fourth-order valence-corrected chi connectivity index (χ4v) is 5.29. The Hall–Kier alpha value is -4.22. The van der Waals surface area contributed by atoms with E-state index in [1.165, 1.54) is 0 Å². The Morgan fingerprint density at radius 1 is 1.12 bits per heavy atom. The standard InChI is InChI=1S/C29H36ClN7O4/c1-6-41-23-13-19-7-9-36-21(20(19)14-22(23)40-5)15-24(34-25-17(3)11-16(2)12-18(25)4)37(29(36)39)10-8-33-28(38)26(35-32)27(30)31/h11-15,35H,6-10,31-32H2,1-5H3,(H,33,38)/b27-26-,34-24?. The molecule has 11 nitrogen and oxygen atoms in total. The summed E-state index contributed by atoms with van der Waals surface area (Å²) in [5, 5.41) is 2.43. The maximum Gasteiger partial charge on any atom is 0.330 e. The van der Waals surface area contributed by atoms with Crippen LogP contribution < -0.4 is 43.0 Å². The molecule has 3 aromatic rings. The summed E-state index contributed by atoms with van der Waals surface area (Å²) >= 11 is 5.75. The van der Waals surface area contributed by atoms with Crippen LogP contribution in [0.1, 0.15) is 29.2 Å². The van der Waals surface area contributed by atoms with E-state index in [0.717, 1.165) is 39.2 Å². The third-order valence-corrected chi connectivity index (χ3v) is 7.15. The van der Waals surface area contributed by atoms with Gasteiger partial charge in [0.1, 0.15) is 16.3 Å². The quantitative estimate of drug-likeness (QED) is 0.131. The van der Waals surface area contributed by atoms with Gasteiger partial charge >= 0.3 is 5.69 Å². The van der Waals surface area contributed by atoms with Crippen LogP contribution in [0.3, 0.4) is 0 Å². The minimum absolute atomic E-state index is 0.101. The maximum absolute atomic E-state index is 14.0. The van der Waals surface area contributed by atoms with Gasteiger partial charge in [-0.1, -0.05) is 29.3 Å². The molecule has 0 atom stereocenters. The molecule has 1 aliphatic rings. The Morgan fingerprint density at radius 3 is 2.44 bits per heavy atom. The second-order valence-electron chi connectivity index (χ2n) is 9.80. The first-order chi connectivity index (χ1) is 19.6. The first-order valence-electron chi connectivity index (χ1n) is 13.3. The van der Waals surface area contributed by atoms with E-state index in [9.17, 15) is 9.59 Å². The summed E-state index contributed by atoms with van der Waals surface area (Å²) in [5.74, 6) is 6.03. The van der Waals surface area contributed by atoms with Gasteiger partial charge in [-0.3, -0.25) is 19.8 Å². The van der Waals surface area contributed by atoms with Crippen LogP contribution in [0.25, 0.3) is 11.3 Å². The second-order valence-corrected chi connectivity index (χ2v) is 10.2. The zero-order valence-corrected chi connectivity index (χ0v) is 24.7. The van der Waals surface area contributed by atoms with Gasteiger partial charge in [0, 0.05) is 31.3 Å². The predicted molar refractivity (Wildman–Crippen MR) is 159 cm³/mol. The third-order valence-electron chi connectivity index (χ3n) is 6.96.